The molecule has 2 amide bonds. The largest absolute Gasteiger partial charge is 0.496 e. The Bertz CT molecular complexity index is 873. The van der Waals surface area contributed by atoms with E-state index >= 15 is 0 Å². The summed E-state index contributed by atoms with van der Waals surface area (Å²) in [5, 5.41) is 7.37. The summed E-state index contributed by atoms with van der Waals surface area (Å²) in [5.74, 6) is 0.132. The second-order valence-corrected chi connectivity index (χ2v) is 5.69. The number of methoxy groups -OCH3 is 1. The molecule has 0 fully saturated rings. The predicted molar refractivity (Wildman–Crippen MR) is 94.2 cm³/mol. The molecule has 0 unspecified atom stereocenters. The topological polar surface area (TPSA) is 76.7 Å². The number of hydrogen-bond acceptors (Lipinski definition) is 4. The van der Waals surface area contributed by atoms with Crippen LogP contribution in [-0.2, 0) is 9.53 Å². The van der Waals surface area contributed by atoms with Crippen LogP contribution in [0.2, 0.25) is 0 Å². The van der Waals surface area contributed by atoms with Crippen LogP contribution in [0, 0.1) is 0 Å². The highest BCUT2D eigenvalue weighted by molar-refractivity contribution is 5.98. The molecular formula is C19H20N2O4. The molecule has 0 saturated carbocycles. The average molecular weight is 340 g/mol. The minimum absolute atomic E-state index is 0.253. The van der Waals surface area contributed by atoms with Gasteiger partial charge in [0.05, 0.1) is 25.3 Å². The Kier molecular flexibility index (Phi) is 4.61. The van der Waals surface area contributed by atoms with E-state index in [1.54, 1.807) is 21.0 Å². The van der Waals surface area contributed by atoms with Crippen molar-refractivity contribution in [3.8, 4) is 5.75 Å². The van der Waals surface area contributed by atoms with Crippen molar-refractivity contribution in [3.63, 3.8) is 0 Å². The van der Waals surface area contributed by atoms with Gasteiger partial charge in [-0.2, -0.15) is 0 Å². The van der Waals surface area contributed by atoms with Crippen LogP contribution in [-0.4, -0.2) is 25.7 Å². The van der Waals surface area contributed by atoms with Crippen LogP contribution in [0.5, 0.6) is 5.75 Å². The summed E-state index contributed by atoms with van der Waals surface area (Å²) in [6.45, 7) is 3.69. The molecule has 6 nitrogen and oxygen atoms in total. The molecule has 0 spiro atoms. The fourth-order valence-corrected chi connectivity index (χ4v) is 3.14. The highest BCUT2D eigenvalue weighted by atomic mass is 16.5. The fraction of sp³-hybridized carbons (Fsp3) is 0.263. The number of carbonyl (C=O) groups is 2. The third-order valence-corrected chi connectivity index (χ3v) is 4.20. The standard InChI is InChI=1S/C19H20N2O4/c1-4-25-18(22)15-11(2)20-19(23)21-17(15)16-13-8-6-5-7-12(13)9-10-14(16)24-3/h5-10,17H,4H2,1-3H3,(H2,20,21,23)/t17-/m1/s1. The maximum Gasteiger partial charge on any atom is 0.338 e. The second kappa shape index (κ2) is 6.84. The number of benzene rings is 2. The molecule has 2 N–H and O–H groups in total. The number of ether oxygens (including phenoxy) is 2. The van der Waals surface area contributed by atoms with Crippen LogP contribution < -0.4 is 15.4 Å². The monoisotopic (exact) mass is 340 g/mol. The minimum atomic E-state index is -0.658. The Balaban J connectivity index is 2.25. The van der Waals surface area contributed by atoms with E-state index in [1.807, 2.05) is 36.4 Å². The van der Waals surface area contributed by atoms with E-state index in [9.17, 15) is 9.59 Å². The summed E-state index contributed by atoms with van der Waals surface area (Å²) in [4.78, 5) is 24.6. The van der Waals surface area contributed by atoms with Gasteiger partial charge in [-0.15, -0.1) is 0 Å². The van der Waals surface area contributed by atoms with Crippen LogP contribution in [0.1, 0.15) is 25.5 Å². The highest BCUT2D eigenvalue weighted by Crippen LogP contribution is 2.38. The van der Waals surface area contributed by atoms with Gasteiger partial charge in [0.1, 0.15) is 5.75 Å². The lowest BCUT2D eigenvalue weighted by molar-refractivity contribution is -0.139. The summed E-state index contributed by atoms with van der Waals surface area (Å²) in [6, 6.07) is 10.5. The lowest BCUT2D eigenvalue weighted by Gasteiger charge is -2.29. The molecular weight excluding hydrogens is 320 g/mol. The first-order valence-corrected chi connectivity index (χ1v) is 8.07. The molecule has 0 bridgehead atoms. The van der Waals surface area contributed by atoms with E-state index in [2.05, 4.69) is 10.6 Å². The van der Waals surface area contributed by atoms with Crippen molar-refractivity contribution in [2.24, 2.45) is 0 Å². The van der Waals surface area contributed by atoms with Crippen molar-refractivity contribution >= 4 is 22.8 Å². The number of amides is 2. The minimum Gasteiger partial charge on any atom is -0.496 e. The zero-order chi connectivity index (χ0) is 18.0. The van der Waals surface area contributed by atoms with Crippen LogP contribution >= 0.6 is 0 Å². The first kappa shape index (κ1) is 16.8. The van der Waals surface area contributed by atoms with Crippen molar-refractivity contribution in [2.75, 3.05) is 13.7 Å². The Morgan fingerprint density at radius 2 is 1.96 bits per heavy atom. The number of urea groups is 1. The van der Waals surface area contributed by atoms with Crippen molar-refractivity contribution in [1.29, 1.82) is 0 Å². The van der Waals surface area contributed by atoms with Gasteiger partial charge in [0.15, 0.2) is 0 Å². The third kappa shape index (κ3) is 3.03. The normalized spacial score (nSPS) is 17.1. The molecule has 25 heavy (non-hydrogen) atoms. The van der Waals surface area contributed by atoms with Crippen molar-refractivity contribution in [1.82, 2.24) is 10.6 Å². The van der Waals surface area contributed by atoms with Crippen LogP contribution in [0.15, 0.2) is 47.7 Å². The van der Waals surface area contributed by atoms with E-state index in [1.165, 1.54) is 0 Å². The molecule has 0 saturated heterocycles. The van der Waals surface area contributed by atoms with Crippen molar-refractivity contribution in [3.05, 3.63) is 53.2 Å². The molecule has 1 aliphatic rings. The zero-order valence-electron chi connectivity index (χ0n) is 14.4. The van der Waals surface area contributed by atoms with Gasteiger partial charge in [-0.05, 0) is 30.7 Å². The molecule has 1 aliphatic heterocycles. The molecule has 1 heterocycles. The van der Waals surface area contributed by atoms with E-state index < -0.39 is 12.0 Å². The van der Waals surface area contributed by atoms with Gasteiger partial charge in [-0.1, -0.05) is 30.3 Å². The molecule has 130 valence electrons. The van der Waals surface area contributed by atoms with Gasteiger partial charge in [0.25, 0.3) is 0 Å². The lowest BCUT2D eigenvalue weighted by atomic mass is 9.90. The quantitative estimate of drug-likeness (QED) is 0.839. The Hall–Kier alpha value is -3.02. The van der Waals surface area contributed by atoms with E-state index in [4.69, 9.17) is 9.47 Å². The summed E-state index contributed by atoms with van der Waals surface area (Å²) in [5.41, 5.74) is 1.58. The summed E-state index contributed by atoms with van der Waals surface area (Å²) < 4.78 is 10.7. The molecule has 0 aliphatic carbocycles. The molecule has 2 aromatic rings. The fourth-order valence-electron chi connectivity index (χ4n) is 3.14. The maximum absolute atomic E-state index is 12.5. The molecule has 0 radical (unpaired) electrons. The number of esters is 1. The molecule has 2 aromatic carbocycles. The number of nitrogens with one attached hydrogen (secondary N) is 2. The van der Waals surface area contributed by atoms with Crippen molar-refractivity contribution < 1.29 is 19.1 Å². The summed E-state index contributed by atoms with van der Waals surface area (Å²) >= 11 is 0. The van der Waals surface area contributed by atoms with Crippen LogP contribution in [0.4, 0.5) is 4.79 Å². The second-order valence-electron chi connectivity index (χ2n) is 5.69. The molecule has 6 heteroatoms. The molecule has 0 aromatic heterocycles. The van der Waals surface area contributed by atoms with E-state index in [-0.39, 0.29) is 12.6 Å². The first-order valence-electron chi connectivity index (χ1n) is 8.07. The lowest BCUT2D eigenvalue weighted by Crippen LogP contribution is -2.45. The maximum atomic E-state index is 12.5. The third-order valence-electron chi connectivity index (χ3n) is 4.20. The average Bonchev–Trinajstić information content (AvgIpc) is 2.60. The van der Waals surface area contributed by atoms with Gasteiger partial charge in [0, 0.05) is 11.3 Å². The van der Waals surface area contributed by atoms with Crippen LogP contribution in [0.3, 0.4) is 0 Å². The Morgan fingerprint density at radius 1 is 1.20 bits per heavy atom. The number of hydrogen-bond donors (Lipinski definition) is 2. The van der Waals surface area contributed by atoms with E-state index in [0.717, 1.165) is 16.3 Å². The van der Waals surface area contributed by atoms with Gasteiger partial charge in [-0.25, -0.2) is 9.59 Å². The number of fused-ring (bicyclic) bond motifs is 1. The first-order chi connectivity index (χ1) is 12.1. The van der Waals surface area contributed by atoms with Crippen molar-refractivity contribution in [2.45, 2.75) is 19.9 Å². The number of rotatable bonds is 4. The Labute approximate surface area is 145 Å². The number of allylic oxidation sites excluding steroid dienone is 1. The number of carbonyl (C=O) groups excluding carboxylic acids is 2. The smallest absolute Gasteiger partial charge is 0.338 e. The van der Waals surface area contributed by atoms with Crippen LogP contribution in [0.25, 0.3) is 10.8 Å². The highest BCUT2D eigenvalue weighted by Gasteiger charge is 2.34. The summed E-state index contributed by atoms with van der Waals surface area (Å²) in [7, 11) is 1.57. The van der Waals surface area contributed by atoms with Gasteiger partial charge >= 0.3 is 12.0 Å². The van der Waals surface area contributed by atoms with Gasteiger partial charge < -0.3 is 20.1 Å². The van der Waals surface area contributed by atoms with E-state index in [0.29, 0.717) is 17.0 Å². The van der Waals surface area contributed by atoms with Gasteiger partial charge in [-0.3, -0.25) is 0 Å². The SMILES string of the molecule is CCOC(=O)C1=C(C)NC(=O)N[C@H]1c1c(OC)ccc2ccccc12. The molecule has 3 rings (SSSR count). The zero-order valence-corrected chi connectivity index (χ0v) is 14.4. The summed E-state index contributed by atoms with van der Waals surface area (Å²) in [6.07, 6.45) is 0. The molecule has 1 atom stereocenters. The van der Waals surface area contributed by atoms with Gasteiger partial charge in [0.2, 0.25) is 0 Å². The Morgan fingerprint density at radius 3 is 2.68 bits per heavy atom. The predicted octanol–water partition coefficient (Wildman–Crippen LogP) is 3.04.